The summed E-state index contributed by atoms with van der Waals surface area (Å²) in [4.78, 5) is 39.9. The molecule has 0 N–H and O–H groups in total. The van der Waals surface area contributed by atoms with E-state index in [9.17, 15) is 19.7 Å². The molecule has 4 aromatic rings. The van der Waals surface area contributed by atoms with E-state index < -0.39 is 10.8 Å². The second kappa shape index (κ2) is 9.59. The molecule has 170 valence electrons. The molecule has 0 aliphatic rings. The number of amides is 1. The van der Waals surface area contributed by atoms with Crippen LogP contribution in [0.1, 0.15) is 33.2 Å². The summed E-state index contributed by atoms with van der Waals surface area (Å²) in [5.41, 5.74) is 2.01. The van der Waals surface area contributed by atoms with Gasteiger partial charge >= 0.3 is 0 Å². The van der Waals surface area contributed by atoms with Crippen LogP contribution < -0.4 is 9.75 Å². The van der Waals surface area contributed by atoms with E-state index in [1.807, 2.05) is 6.07 Å². The summed E-state index contributed by atoms with van der Waals surface area (Å²) in [5.74, 6) is 0.112. The first-order valence-corrected chi connectivity index (χ1v) is 10.9. The molecule has 1 heterocycles. The van der Waals surface area contributed by atoms with Crippen molar-refractivity contribution in [3.63, 3.8) is 0 Å². The van der Waals surface area contributed by atoms with Crippen LogP contribution in [-0.4, -0.2) is 34.9 Å². The zero-order valence-corrected chi connectivity index (χ0v) is 19.0. The van der Waals surface area contributed by atoms with Gasteiger partial charge < -0.3 is 4.74 Å². The summed E-state index contributed by atoms with van der Waals surface area (Å²) >= 11 is 1.26. The standard InChI is InChI=1S/C24H18N4O5S/c1-15(29)17-5-7-18(8-6-17)23(30)27(25-14-16-3-9-19(10-4-16)28(31)32)24-26-21-12-11-20(33-2)13-22(21)34-24/h3-14H,1-2H3/b25-14+. The minimum absolute atomic E-state index is 0.0456. The van der Waals surface area contributed by atoms with E-state index >= 15 is 0 Å². The number of carbonyl (C=O) groups is 2. The zero-order valence-electron chi connectivity index (χ0n) is 18.2. The Morgan fingerprint density at radius 3 is 2.35 bits per heavy atom. The predicted octanol–water partition coefficient (Wildman–Crippen LogP) is 5.10. The van der Waals surface area contributed by atoms with Gasteiger partial charge in [0.15, 0.2) is 5.78 Å². The van der Waals surface area contributed by atoms with Gasteiger partial charge in [-0.3, -0.25) is 19.7 Å². The molecule has 10 heteroatoms. The normalized spacial score (nSPS) is 11.0. The highest BCUT2D eigenvalue weighted by molar-refractivity contribution is 7.22. The number of hydrazone groups is 1. The topological polar surface area (TPSA) is 115 Å². The fourth-order valence-electron chi connectivity index (χ4n) is 3.08. The monoisotopic (exact) mass is 474 g/mol. The number of thiazole rings is 1. The van der Waals surface area contributed by atoms with Gasteiger partial charge in [-0.05, 0) is 55.0 Å². The Hall–Kier alpha value is -4.44. The fraction of sp³-hybridized carbons (Fsp3) is 0.0833. The van der Waals surface area contributed by atoms with Crippen LogP contribution in [0.3, 0.4) is 0 Å². The zero-order chi connectivity index (χ0) is 24.2. The molecule has 0 fully saturated rings. The maximum Gasteiger partial charge on any atom is 0.280 e. The number of ketones is 1. The van der Waals surface area contributed by atoms with Gasteiger partial charge in [-0.15, -0.1) is 0 Å². The number of aromatic nitrogens is 1. The van der Waals surface area contributed by atoms with E-state index in [0.29, 0.717) is 33.1 Å². The highest BCUT2D eigenvalue weighted by atomic mass is 32.1. The number of non-ortho nitro benzene ring substituents is 1. The molecular formula is C24H18N4O5S. The molecule has 0 spiro atoms. The summed E-state index contributed by atoms with van der Waals surface area (Å²) < 4.78 is 6.07. The lowest BCUT2D eigenvalue weighted by molar-refractivity contribution is -0.384. The first-order chi connectivity index (χ1) is 16.4. The van der Waals surface area contributed by atoms with Gasteiger partial charge in [-0.2, -0.15) is 10.1 Å². The number of rotatable bonds is 7. The molecular weight excluding hydrogens is 456 g/mol. The van der Waals surface area contributed by atoms with Gasteiger partial charge in [0.05, 0.1) is 28.5 Å². The Bertz CT molecular complexity index is 1410. The van der Waals surface area contributed by atoms with Gasteiger partial charge in [0.1, 0.15) is 5.75 Å². The van der Waals surface area contributed by atoms with Crippen molar-refractivity contribution >= 4 is 50.3 Å². The molecule has 1 amide bonds. The summed E-state index contributed by atoms with van der Waals surface area (Å²) in [6.45, 7) is 1.45. The van der Waals surface area contributed by atoms with Crippen molar-refractivity contribution in [3.05, 3.63) is 93.5 Å². The molecule has 4 rings (SSSR count). The van der Waals surface area contributed by atoms with Crippen LogP contribution in [0.2, 0.25) is 0 Å². The molecule has 0 atom stereocenters. The first-order valence-electron chi connectivity index (χ1n) is 10.0. The molecule has 0 saturated heterocycles. The summed E-state index contributed by atoms with van der Waals surface area (Å²) in [6.07, 6.45) is 1.43. The average molecular weight is 474 g/mol. The van der Waals surface area contributed by atoms with Crippen molar-refractivity contribution < 1.29 is 19.2 Å². The number of ether oxygens (including phenoxy) is 1. The van der Waals surface area contributed by atoms with Crippen LogP contribution in [0.4, 0.5) is 10.8 Å². The lowest BCUT2D eigenvalue weighted by Gasteiger charge is -2.14. The van der Waals surface area contributed by atoms with Crippen LogP contribution >= 0.6 is 11.3 Å². The van der Waals surface area contributed by atoms with Crippen molar-refractivity contribution in [2.45, 2.75) is 6.92 Å². The number of methoxy groups -OCH3 is 1. The van der Waals surface area contributed by atoms with E-state index in [2.05, 4.69) is 10.1 Å². The minimum atomic E-state index is -0.489. The van der Waals surface area contributed by atoms with Gasteiger partial charge in [0, 0.05) is 23.3 Å². The van der Waals surface area contributed by atoms with Crippen LogP contribution in [0.15, 0.2) is 71.8 Å². The lowest BCUT2D eigenvalue weighted by Crippen LogP contribution is -2.25. The van der Waals surface area contributed by atoms with Crippen molar-refractivity contribution in [3.8, 4) is 5.75 Å². The molecule has 9 nitrogen and oxygen atoms in total. The number of nitrogens with zero attached hydrogens (tertiary/aromatic N) is 4. The van der Waals surface area contributed by atoms with E-state index in [1.54, 1.807) is 43.5 Å². The second-order valence-corrected chi connectivity index (χ2v) is 8.18. The number of benzene rings is 3. The third-order valence-corrected chi connectivity index (χ3v) is 5.92. The van der Waals surface area contributed by atoms with Gasteiger partial charge in [0.25, 0.3) is 11.6 Å². The number of hydrogen-bond acceptors (Lipinski definition) is 8. The number of fused-ring (bicyclic) bond motifs is 1. The maximum atomic E-state index is 13.4. The van der Waals surface area contributed by atoms with Crippen molar-refractivity contribution in [2.75, 3.05) is 12.1 Å². The van der Waals surface area contributed by atoms with E-state index in [-0.39, 0.29) is 11.5 Å². The minimum Gasteiger partial charge on any atom is -0.497 e. The fourth-order valence-corrected chi connectivity index (χ4v) is 4.03. The predicted molar refractivity (Wildman–Crippen MR) is 130 cm³/mol. The Labute approximate surface area is 198 Å². The lowest BCUT2D eigenvalue weighted by atomic mass is 10.1. The quantitative estimate of drug-likeness (QED) is 0.159. The number of hydrogen-bond donors (Lipinski definition) is 0. The molecule has 0 radical (unpaired) electrons. The Kier molecular flexibility index (Phi) is 6.42. The smallest absolute Gasteiger partial charge is 0.280 e. The van der Waals surface area contributed by atoms with Crippen LogP contribution in [-0.2, 0) is 0 Å². The average Bonchev–Trinajstić information content (AvgIpc) is 3.27. The van der Waals surface area contributed by atoms with Crippen molar-refractivity contribution in [1.82, 2.24) is 4.98 Å². The third-order valence-electron chi connectivity index (χ3n) is 4.92. The molecule has 0 aliphatic heterocycles. The Morgan fingerprint density at radius 1 is 1.06 bits per heavy atom. The molecule has 0 aliphatic carbocycles. The van der Waals surface area contributed by atoms with Crippen molar-refractivity contribution in [2.24, 2.45) is 5.10 Å². The van der Waals surface area contributed by atoms with Crippen LogP contribution in [0, 0.1) is 10.1 Å². The molecule has 0 unspecified atom stereocenters. The molecule has 0 bridgehead atoms. The molecule has 3 aromatic carbocycles. The molecule has 0 saturated carbocycles. The highest BCUT2D eigenvalue weighted by Crippen LogP contribution is 2.32. The summed E-state index contributed by atoms with van der Waals surface area (Å²) in [6, 6.07) is 17.5. The second-order valence-electron chi connectivity index (χ2n) is 7.17. The van der Waals surface area contributed by atoms with E-state index in [4.69, 9.17) is 4.74 Å². The molecule has 34 heavy (non-hydrogen) atoms. The van der Waals surface area contributed by atoms with E-state index in [0.717, 1.165) is 4.70 Å². The maximum absolute atomic E-state index is 13.4. The number of carbonyl (C=O) groups excluding carboxylic acids is 2. The highest BCUT2D eigenvalue weighted by Gasteiger charge is 2.21. The largest absolute Gasteiger partial charge is 0.497 e. The molecule has 1 aromatic heterocycles. The number of nitro groups is 1. The number of anilines is 1. The van der Waals surface area contributed by atoms with Gasteiger partial charge in [-0.1, -0.05) is 23.5 Å². The Balaban J connectivity index is 1.72. The SMILES string of the molecule is COc1ccc2nc(N(/N=C/c3ccc([N+](=O)[O-])cc3)C(=O)c3ccc(C(C)=O)cc3)sc2c1. The van der Waals surface area contributed by atoms with Gasteiger partial charge in [-0.25, -0.2) is 4.98 Å². The van der Waals surface area contributed by atoms with Gasteiger partial charge in [0.2, 0.25) is 5.13 Å². The number of Topliss-reactive ketones (excluding diaryl/α,β-unsaturated/α-hetero) is 1. The number of nitro benzene ring substituents is 1. The van der Waals surface area contributed by atoms with Crippen LogP contribution in [0.25, 0.3) is 10.2 Å². The Morgan fingerprint density at radius 2 is 1.74 bits per heavy atom. The van der Waals surface area contributed by atoms with Crippen LogP contribution in [0.5, 0.6) is 5.75 Å². The third kappa shape index (κ3) is 4.81. The van der Waals surface area contributed by atoms with E-state index in [1.165, 1.54) is 53.7 Å². The summed E-state index contributed by atoms with van der Waals surface area (Å²) in [7, 11) is 1.57. The first kappa shape index (κ1) is 22.7. The van der Waals surface area contributed by atoms with Crippen molar-refractivity contribution in [1.29, 1.82) is 0 Å². The summed E-state index contributed by atoms with van der Waals surface area (Å²) in [5, 5.41) is 16.7.